The Labute approximate surface area is 86.5 Å². The Bertz CT molecular complexity index is 318. The Morgan fingerprint density at radius 2 is 2.43 bits per heavy atom. The van der Waals surface area contributed by atoms with Gasteiger partial charge in [-0.2, -0.15) is 0 Å². The lowest BCUT2D eigenvalue weighted by atomic mass is 10.4. The molecule has 0 spiro atoms. The van der Waals surface area contributed by atoms with Crippen LogP contribution in [0.1, 0.15) is 6.42 Å². The van der Waals surface area contributed by atoms with Crippen LogP contribution in [0.5, 0.6) is 0 Å². The fourth-order valence-electron chi connectivity index (χ4n) is 0.862. The number of hydrogen-bond acceptors (Lipinski definition) is 5. The smallest absolute Gasteiger partial charge is 0.219 e. The third kappa shape index (κ3) is 3.61. The van der Waals surface area contributed by atoms with Crippen LogP contribution in [0.4, 0.5) is 5.82 Å². The molecule has 6 heteroatoms. The van der Waals surface area contributed by atoms with Crippen molar-refractivity contribution in [2.45, 2.75) is 11.4 Å². The van der Waals surface area contributed by atoms with Crippen LogP contribution in [-0.4, -0.2) is 28.7 Å². The summed E-state index contributed by atoms with van der Waals surface area (Å²) < 4.78 is 0. The minimum absolute atomic E-state index is 0.304. The number of aromatic nitrogens is 2. The van der Waals surface area contributed by atoms with Gasteiger partial charge in [-0.05, 0) is 6.26 Å². The van der Waals surface area contributed by atoms with E-state index >= 15 is 0 Å². The van der Waals surface area contributed by atoms with Crippen molar-refractivity contribution >= 4 is 23.5 Å². The Kier molecular flexibility index (Phi) is 4.18. The summed E-state index contributed by atoms with van der Waals surface area (Å²) in [5.41, 5.74) is 5.00. The van der Waals surface area contributed by atoms with Crippen LogP contribution in [0.15, 0.2) is 17.4 Å². The molecule has 5 nitrogen and oxygen atoms in total. The molecule has 0 atom stereocenters. The van der Waals surface area contributed by atoms with E-state index < -0.39 is 0 Å². The van der Waals surface area contributed by atoms with E-state index in [1.165, 1.54) is 18.1 Å². The number of anilines is 1. The minimum Gasteiger partial charge on any atom is -0.370 e. The minimum atomic E-state index is -0.323. The molecule has 14 heavy (non-hydrogen) atoms. The number of carbonyl (C=O) groups is 1. The SMILES string of the molecule is CSc1cc(NCCC(N)=O)ncn1. The summed E-state index contributed by atoms with van der Waals surface area (Å²) >= 11 is 1.54. The Hall–Kier alpha value is -1.30. The third-order valence-electron chi connectivity index (χ3n) is 1.53. The largest absolute Gasteiger partial charge is 0.370 e. The Balaban J connectivity index is 2.46. The molecule has 0 unspecified atom stereocenters. The van der Waals surface area contributed by atoms with E-state index in [1.54, 1.807) is 0 Å². The van der Waals surface area contributed by atoms with Crippen LogP contribution >= 0.6 is 11.8 Å². The first-order chi connectivity index (χ1) is 6.72. The Morgan fingerprint density at radius 1 is 1.64 bits per heavy atom. The maximum atomic E-state index is 10.5. The first-order valence-electron chi connectivity index (χ1n) is 4.10. The van der Waals surface area contributed by atoms with E-state index in [1.807, 2.05) is 12.3 Å². The predicted molar refractivity (Wildman–Crippen MR) is 56.1 cm³/mol. The first kappa shape index (κ1) is 10.8. The van der Waals surface area contributed by atoms with Crippen molar-refractivity contribution in [2.75, 3.05) is 18.1 Å². The second-order valence-electron chi connectivity index (χ2n) is 2.59. The van der Waals surface area contributed by atoms with Crippen LogP contribution in [0.25, 0.3) is 0 Å². The summed E-state index contributed by atoms with van der Waals surface area (Å²) in [6, 6.07) is 1.83. The topological polar surface area (TPSA) is 80.9 Å². The van der Waals surface area contributed by atoms with Crippen LogP contribution in [0, 0.1) is 0 Å². The molecular formula is C8H12N4OS. The molecule has 76 valence electrons. The maximum Gasteiger partial charge on any atom is 0.219 e. The molecule has 0 bridgehead atoms. The highest BCUT2D eigenvalue weighted by Crippen LogP contribution is 2.13. The van der Waals surface area contributed by atoms with Gasteiger partial charge >= 0.3 is 0 Å². The van der Waals surface area contributed by atoms with Gasteiger partial charge in [0, 0.05) is 19.0 Å². The highest BCUT2D eigenvalue weighted by atomic mass is 32.2. The Morgan fingerprint density at radius 3 is 3.07 bits per heavy atom. The number of rotatable bonds is 5. The van der Waals surface area contributed by atoms with Gasteiger partial charge in [-0.1, -0.05) is 0 Å². The molecular weight excluding hydrogens is 200 g/mol. The molecule has 0 aromatic carbocycles. The fraction of sp³-hybridized carbons (Fsp3) is 0.375. The van der Waals surface area contributed by atoms with Crippen LogP contribution in [0.2, 0.25) is 0 Å². The second kappa shape index (κ2) is 5.43. The van der Waals surface area contributed by atoms with Gasteiger partial charge in [-0.25, -0.2) is 9.97 Å². The summed E-state index contributed by atoms with van der Waals surface area (Å²) in [5.74, 6) is 0.391. The summed E-state index contributed by atoms with van der Waals surface area (Å²) in [4.78, 5) is 18.5. The maximum absolute atomic E-state index is 10.5. The molecule has 0 aliphatic carbocycles. The number of nitrogens with two attached hydrogens (primary N) is 1. The van der Waals surface area contributed by atoms with Gasteiger partial charge in [0.1, 0.15) is 17.2 Å². The highest BCUT2D eigenvalue weighted by Gasteiger charge is 1.98. The molecule has 0 saturated carbocycles. The molecule has 1 aromatic rings. The van der Waals surface area contributed by atoms with E-state index in [0.29, 0.717) is 18.8 Å². The van der Waals surface area contributed by atoms with Crippen LogP contribution in [0.3, 0.4) is 0 Å². The summed E-state index contributed by atoms with van der Waals surface area (Å²) in [6.45, 7) is 0.500. The van der Waals surface area contributed by atoms with Gasteiger partial charge in [-0.15, -0.1) is 11.8 Å². The van der Waals surface area contributed by atoms with E-state index in [9.17, 15) is 4.79 Å². The lowest BCUT2D eigenvalue weighted by Gasteiger charge is -2.03. The molecule has 1 amide bonds. The first-order valence-corrected chi connectivity index (χ1v) is 5.33. The normalized spacial score (nSPS) is 9.79. The summed E-state index contributed by atoms with van der Waals surface area (Å²) in [7, 11) is 0. The number of nitrogens with one attached hydrogen (secondary N) is 1. The van der Waals surface area contributed by atoms with Crippen molar-refractivity contribution in [3.05, 3.63) is 12.4 Å². The number of amides is 1. The number of thioether (sulfide) groups is 1. The molecule has 1 aromatic heterocycles. The zero-order valence-electron chi connectivity index (χ0n) is 7.86. The van der Waals surface area contributed by atoms with Gasteiger partial charge in [0.2, 0.25) is 5.91 Å². The average molecular weight is 212 g/mol. The van der Waals surface area contributed by atoms with Gasteiger partial charge < -0.3 is 11.1 Å². The van der Waals surface area contributed by atoms with E-state index in [-0.39, 0.29) is 5.91 Å². The van der Waals surface area contributed by atoms with E-state index in [0.717, 1.165) is 5.03 Å². The van der Waals surface area contributed by atoms with Crippen molar-refractivity contribution in [2.24, 2.45) is 5.73 Å². The fourth-order valence-corrected chi connectivity index (χ4v) is 1.24. The van der Waals surface area contributed by atoms with E-state index in [4.69, 9.17) is 5.73 Å². The number of carbonyl (C=O) groups excluding carboxylic acids is 1. The van der Waals surface area contributed by atoms with Crippen molar-refractivity contribution < 1.29 is 4.79 Å². The van der Waals surface area contributed by atoms with Gasteiger partial charge in [0.15, 0.2) is 0 Å². The lowest BCUT2D eigenvalue weighted by Crippen LogP contribution is -2.16. The van der Waals surface area contributed by atoms with Crippen molar-refractivity contribution in [3.8, 4) is 0 Å². The molecule has 1 heterocycles. The monoisotopic (exact) mass is 212 g/mol. The molecule has 1 rings (SSSR count). The standard InChI is InChI=1S/C8H12N4OS/c1-14-8-4-7(11-5-12-8)10-3-2-6(9)13/h4-5H,2-3H2,1H3,(H2,9,13)(H,10,11,12). The molecule has 0 aliphatic rings. The molecule has 3 N–H and O–H groups in total. The zero-order valence-corrected chi connectivity index (χ0v) is 8.67. The number of primary amides is 1. The zero-order chi connectivity index (χ0) is 10.4. The van der Waals surface area contributed by atoms with E-state index in [2.05, 4.69) is 15.3 Å². The lowest BCUT2D eigenvalue weighted by molar-refractivity contribution is -0.117. The molecule has 0 radical (unpaired) electrons. The van der Waals surface area contributed by atoms with Crippen LogP contribution in [-0.2, 0) is 4.79 Å². The van der Waals surface area contributed by atoms with Crippen molar-refractivity contribution in [1.82, 2.24) is 9.97 Å². The number of nitrogens with zero attached hydrogens (tertiary/aromatic N) is 2. The summed E-state index contributed by atoms with van der Waals surface area (Å²) in [5, 5.41) is 3.88. The van der Waals surface area contributed by atoms with Crippen molar-refractivity contribution in [3.63, 3.8) is 0 Å². The second-order valence-corrected chi connectivity index (χ2v) is 3.42. The molecule has 0 aliphatic heterocycles. The quantitative estimate of drug-likeness (QED) is 0.548. The third-order valence-corrected chi connectivity index (χ3v) is 2.17. The highest BCUT2D eigenvalue weighted by molar-refractivity contribution is 7.98. The van der Waals surface area contributed by atoms with Gasteiger partial charge in [-0.3, -0.25) is 4.79 Å². The predicted octanol–water partition coefficient (Wildman–Crippen LogP) is 0.486. The molecule has 0 saturated heterocycles. The van der Waals surface area contributed by atoms with Crippen molar-refractivity contribution in [1.29, 1.82) is 0 Å². The van der Waals surface area contributed by atoms with Gasteiger partial charge in [0.05, 0.1) is 0 Å². The summed E-state index contributed by atoms with van der Waals surface area (Å²) in [6.07, 6.45) is 3.73. The van der Waals surface area contributed by atoms with Crippen LogP contribution < -0.4 is 11.1 Å². The molecule has 0 fully saturated rings. The number of hydrogen-bond donors (Lipinski definition) is 2. The average Bonchev–Trinajstić information content (AvgIpc) is 2.18. The van der Waals surface area contributed by atoms with Gasteiger partial charge in [0.25, 0.3) is 0 Å².